The lowest BCUT2D eigenvalue weighted by atomic mass is 10.2. The number of nitrogens with zero attached hydrogens (tertiary/aromatic N) is 3. The van der Waals surface area contributed by atoms with Gasteiger partial charge in [-0.25, -0.2) is 4.98 Å². The largest absolute Gasteiger partial charge is 0.352 e. The average Bonchev–Trinajstić information content (AvgIpc) is 3.41. The topological polar surface area (TPSA) is 65.5 Å². The first-order valence-corrected chi connectivity index (χ1v) is 11.8. The molecule has 1 saturated heterocycles. The summed E-state index contributed by atoms with van der Waals surface area (Å²) in [7, 11) is 0. The van der Waals surface area contributed by atoms with E-state index in [1.54, 1.807) is 23.1 Å². The Morgan fingerprint density at radius 3 is 2.71 bits per heavy atom. The Balaban J connectivity index is 1.12. The van der Waals surface area contributed by atoms with Crippen LogP contribution in [0.2, 0.25) is 0 Å². The summed E-state index contributed by atoms with van der Waals surface area (Å²) in [6.45, 7) is 3.47. The van der Waals surface area contributed by atoms with Gasteiger partial charge in [-0.3, -0.25) is 14.5 Å². The Kier molecular flexibility index (Phi) is 6.49. The molecule has 1 aliphatic carbocycles. The molecule has 1 aromatic carbocycles. The Bertz CT molecular complexity index is 795. The molecule has 2 aliphatic rings. The van der Waals surface area contributed by atoms with Crippen LogP contribution >= 0.6 is 23.1 Å². The van der Waals surface area contributed by atoms with Gasteiger partial charge >= 0.3 is 0 Å². The summed E-state index contributed by atoms with van der Waals surface area (Å²) in [6, 6.07) is 8.59. The first kappa shape index (κ1) is 19.7. The van der Waals surface area contributed by atoms with Crippen LogP contribution in [0.3, 0.4) is 0 Å². The summed E-state index contributed by atoms with van der Waals surface area (Å²) in [5.41, 5.74) is 1.05. The number of hydrogen-bond donors (Lipinski definition) is 1. The molecule has 8 heteroatoms. The quantitative estimate of drug-likeness (QED) is 0.527. The van der Waals surface area contributed by atoms with Gasteiger partial charge in [-0.15, -0.1) is 11.3 Å². The molecular weight excluding hydrogens is 392 g/mol. The lowest BCUT2D eigenvalue weighted by Crippen LogP contribution is -2.51. The molecule has 0 atom stereocenters. The molecular formula is C20H26N4O2S2. The first-order chi connectivity index (χ1) is 13.7. The number of nitrogens with one attached hydrogen (secondary N) is 1. The second kappa shape index (κ2) is 9.24. The average molecular weight is 419 g/mol. The summed E-state index contributed by atoms with van der Waals surface area (Å²) in [6.07, 6.45) is 3.68. The fourth-order valence-corrected chi connectivity index (χ4v) is 5.39. The summed E-state index contributed by atoms with van der Waals surface area (Å²) in [5.74, 6) is 1.26. The van der Waals surface area contributed by atoms with Crippen LogP contribution in [-0.4, -0.2) is 71.1 Å². The number of amides is 2. The monoisotopic (exact) mass is 418 g/mol. The summed E-state index contributed by atoms with van der Waals surface area (Å²) >= 11 is 3.45. The van der Waals surface area contributed by atoms with E-state index < -0.39 is 0 Å². The minimum atomic E-state index is 0.120. The van der Waals surface area contributed by atoms with Gasteiger partial charge in [0.2, 0.25) is 11.8 Å². The van der Waals surface area contributed by atoms with Crippen LogP contribution < -0.4 is 5.32 Å². The summed E-state index contributed by atoms with van der Waals surface area (Å²) in [5, 5.41) is 3.02. The predicted octanol–water partition coefficient (Wildman–Crippen LogP) is 2.59. The smallest absolute Gasteiger partial charge is 0.234 e. The maximum absolute atomic E-state index is 12.4. The van der Waals surface area contributed by atoms with E-state index in [-0.39, 0.29) is 11.8 Å². The van der Waals surface area contributed by atoms with E-state index in [0.29, 0.717) is 19.0 Å². The highest BCUT2D eigenvalue weighted by Gasteiger charge is 2.26. The second-order valence-corrected chi connectivity index (χ2v) is 9.77. The highest BCUT2D eigenvalue weighted by atomic mass is 32.2. The van der Waals surface area contributed by atoms with Crippen molar-refractivity contribution < 1.29 is 9.59 Å². The molecule has 150 valence electrons. The number of fused-ring (bicyclic) bond motifs is 1. The minimum Gasteiger partial charge on any atom is -0.352 e. The third kappa shape index (κ3) is 5.46. The number of piperazine rings is 1. The number of hydrogen-bond acceptors (Lipinski definition) is 6. The predicted molar refractivity (Wildman–Crippen MR) is 114 cm³/mol. The van der Waals surface area contributed by atoms with Gasteiger partial charge in [0, 0.05) is 44.4 Å². The number of benzene rings is 1. The first-order valence-electron chi connectivity index (χ1n) is 9.95. The lowest BCUT2D eigenvalue weighted by Gasteiger charge is -2.34. The van der Waals surface area contributed by atoms with Gasteiger partial charge in [0.25, 0.3) is 0 Å². The molecule has 1 aromatic heterocycles. The van der Waals surface area contributed by atoms with Gasteiger partial charge in [-0.2, -0.15) is 0 Å². The molecule has 4 rings (SSSR count). The molecule has 6 nitrogen and oxygen atoms in total. The van der Waals surface area contributed by atoms with E-state index in [2.05, 4.69) is 21.3 Å². The molecule has 2 aromatic rings. The standard InChI is InChI=1S/C20H26N4O2S2/c25-18(21-15-7-8-15)14-23-9-11-24(12-10-23)19(26)6-3-13-27-20-22-16-4-1-2-5-17(16)28-20/h1-2,4-5,15H,3,6-14H2,(H,21,25). The van der Waals surface area contributed by atoms with Crippen molar-refractivity contribution in [1.82, 2.24) is 20.1 Å². The fourth-order valence-electron chi connectivity index (χ4n) is 3.31. The number of aromatic nitrogens is 1. The zero-order valence-electron chi connectivity index (χ0n) is 15.9. The number of thioether (sulfide) groups is 1. The number of carbonyl (C=O) groups excluding carboxylic acids is 2. The van der Waals surface area contributed by atoms with Crippen LogP contribution in [0.5, 0.6) is 0 Å². The van der Waals surface area contributed by atoms with Crippen LogP contribution in [-0.2, 0) is 9.59 Å². The molecule has 0 unspecified atom stereocenters. The minimum absolute atomic E-state index is 0.120. The Morgan fingerprint density at radius 1 is 1.18 bits per heavy atom. The third-order valence-electron chi connectivity index (χ3n) is 5.07. The van der Waals surface area contributed by atoms with Gasteiger partial charge in [-0.05, 0) is 31.4 Å². The van der Waals surface area contributed by atoms with E-state index >= 15 is 0 Å². The zero-order chi connectivity index (χ0) is 19.3. The SMILES string of the molecule is O=C(CN1CCN(C(=O)CCCSc2nc3ccccc3s2)CC1)NC1CC1. The molecule has 0 radical (unpaired) electrons. The van der Waals surface area contributed by atoms with E-state index in [9.17, 15) is 9.59 Å². The summed E-state index contributed by atoms with van der Waals surface area (Å²) < 4.78 is 2.29. The van der Waals surface area contributed by atoms with Crippen molar-refractivity contribution in [3.8, 4) is 0 Å². The molecule has 2 amide bonds. The van der Waals surface area contributed by atoms with Gasteiger partial charge in [-0.1, -0.05) is 23.9 Å². The molecule has 1 aliphatic heterocycles. The van der Waals surface area contributed by atoms with E-state index in [0.717, 1.165) is 61.1 Å². The number of rotatable bonds is 8. The maximum Gasteiger partial charge on any atom is 0.234 e. The number of thiazole rings is 1. The number of carbonyl (C=O) groups is 2. The van der Waals surface area contributed by atoms with Crippen molar-refractivity contribution in [2.75, 3.05) is 38.5 Å². The fraction of sp³-hybridized carbons (Fsp3) is 0.550. The Labute approximate surface area is 173 Å². The highest BCUT2D eigenvalue weighted by molar-refractivity contribution is 8.01. The lowest BCUT2D eigenvalue weighted by molar-refractivity contribution is -0.133. The second-order valence-electron chi connectivity index (χ2n) is 7.40. The number of para-hydroxylation sites is 1. The van der Waals surface area contributed by atoms with Crippen molar-refractivity contribution in [3.63, 3.8) is 0 Å². The van der Waals surface area contributed by atoms with Crippen LogP contribution in [0.25, 0.3) is 10.2 Å². The van der Waals surface area contributed by atoms with Gasteiger partial charge in [0.15, 0.2) is 4.34 Å². The van der Waals surface area contributed by atoms with Gasteiger partial charge in [0.1, 0.15) is 0 Å². The van der Waals surface area contributed by atoms with Crippen LogP contribution in [0.15, 0.2) is 28.6 Å². The van der Waals surface area contributed by atoms with Gasteiger partial charge in [0.05, 0.1) is 16.8 Å². The maximum atomic E-state index is 12.4. The van der Waals surface area contributed by atoms with Crippen molar-refractivity contribution in [1.29, 1.82) is 0 Å². The van der Waals surface area contributed by atoms with E-state index in [1.807, 2.05) is 23.1 Å². The highest BCUT2D eigenvalue weighted by Crippen LogP contribution is 2.29. The van der Waals surface area contributed by atoms with Gasteiger partial charge < -0.3 is 10.2 Å². The van der Waals surface area contributed by atoms with Crippen molar-refractivity contribution >= 4 is 45.1 Å². The normalized spacial score (nSPS) is 17.8. The van der Waals surface area contributed by atoms with Crippen LogP contribution in [0.4, 0.5) is 0 Å². The van der Waals surface area contributed by atoms with E-state index in [4.69, 9.17) is 0 Å². The molecule has 0 spiro atoms. The Morgan fingerprint density at radius 2 is 1.96 bits per heavy atom. The molecule has 2 fully saturated rings. The van der Waals surface area contributed by atoms with Crippen molar-refractivity contribution in [3.05, 3.63) is 24.3 Å². The zero-order valence-corrected chi connectivity index (χ0v) is 17.6. The molecule has 2 heterocycles. The van der Waals surface area contributed by atoms with Crippen molar-refractivity contribution in [2.45, 2.75) is 36.1 Å². The van der Waals surface area contributed by atoms with Crippen molar-refractivity contribution in [2.24, 2.45) is 0 Å². The van der Waals surface area contributed by atoms with Crippen LogP contribution in [0, 0.1) is 0 Å². The van der Waals surface area contributed by atoms with Crippen LogP contribution in [0.1, 0.15) is 25.7 Å². The molecule has 0 bridgehead atoms. The molecule has 28 heavy (non-hydrogen) atoms. The third-order valence-corrected chi connectivity index (χ3v) is 7.34. The molecule has 1 N–H and O–H groups in total. The summed E-state index contributed by atoms with van der Waals surface area (Å²) in [4.78, 5) is 33.0. The Hall–Kier alpha value is -1.64. The van der Waals surface area contributed by atoms with E-state index in [1.165, 1.54) is 4.70 Å². The molecule has 1 saturated carbocycles.